The van der Waals surface area contributed by atoms with Gasteiger partial charge in [-0.05, 0) is 51.1 Å². The van der Waals surface area contributed by atoms with Gasteiger partial charge in [-0.15, -0.1) is 0 Å². The third-order valence-corrected chi connectivity index (χ3v) is 5.18. The number of rotatable bonds is 8. The topological polar surface area (TPSA) is 111 Å². The molecule has 0 heterocycles. The van der Waals surface area contributed by atoms with E-state index >= 15 is 0 Å². The molecule has 156 valence electrons. The molecule has 0 bridgehead atoms. The van der Waals surface area contributed by atoms with Gasteiger partial charge in [0.2, 0.25) is 0 Å². The van der Waals surface area contributed by atoms with E-state index in [2.05, 4.69) is 10.0 Å². The van der Waals surface area contributed by atoms with Gasteiger partial charge in [0.25, 0.3) is 15.9 Å². The lowest BCUT2D eigenvalue weighted by molar-refractivity contribution is -0.124. The van der Waals surface area contributed by atoms with Crippen LogP contribution in [0.4, 0.5) is 5.69 Å². The Morgan fingerprint density at radius 1 is 1.07 bits per heavy atom. The van der Waals surface area contributed by atoms with E-state index < -0.39 is 28.5 Å². The number of aryl methyl sites for hydroxylation is 1. The van der Waals surface area contributed by atoms with Gasteiger partial charge < -0.3 is 14.8 Å². The van der Waals surface area contributed by atoms with Gasteiger partial charge in [0.15, 0.2) is 6.61 Å². The first-order valence-corrected chi connectivity index (χ1v) is 10.3. The largest absolute Gasteiger partial charge is 0.495 e. The van der Waals surface area contributed by atoms with Crippen LogP contribution in [0.5, 0.6) is 5.75 Å². The molecule has 2 rings (SSSR count). The molecule has 0 fully saturated rings. The normalized spacial score (nSPS) is 11.1. The van der Waals surface area contributed by atoms with E-state index in [0.29, 0.717) is 5.69 Å². The van der Waals surface area contributed by atoms with Crippen LogP contribution in [-0.4, -0.2) is 40.1 Å². The van der Waals surface area contributed by atoms with E-state index in [1.165, 1.54) is 19.2 Å². The molecule has 0 atom stereocenters. The van der Waals surface area contributed by atoms with Crippen LogP contribution < -0.4 is 14.8 Å². The smallest absolute Gasteiger partial charge is 0.338 e. The van der Waals surface area contributed by atoms with Crippen LogP contribution in [0.1, 0.15) is 29.8 Å². The fourth-order valence-electron chi connectivity index (χ4n) is 2.42. The lowest BCUT2D eigenvalue weighted by atomic mass is 10.2. The molecule has 0 spiro atoms. The molecule has 8 nitrogen and oxygen atoms in total. The average molecular weight is 420 g/mol. The molecule has 0 radical (unpaired) electrons. The zero-order chi connectivity index (χ0) is 21.6. The standard InChI is InChI=1S/C20H24N2O6S/c1-13(2)21-19(23)12-28-20(24)15-7-10-17(27-4)18(11-15)29(25,26)22-16-8-5-14(3)6-9-16/h5-11,13,22H,12H2,1-4H3,(H,21,23). The predicted octanol–water partition coefficient (Wildman–Crippen LogP) is 2.49. The van der Waals surface area contributed by atoms with Crippen LogP contribution in [0, 0.1) is 6.92 Å². The number of nitrogens with one attached hydrogen (secondary N) is 2. The van der Waals surface area contributed by atoms with Crippen molar-refractivity contribution < 1.29 is 27.5 Å². The number of methoxy groups -OCH3 is 1. The third kappa shape index (κ3) is 6.21. The SMILES string of the molecule is COc1ccc(C(=O)OCC(=O)NC(C)C)cc1S(=O)(=O)Nc1ccc(C)cc1. The molecule has 0 aromatic heterocycles. The van der Waals surface area contributed by atoms with Crippen LogP contribution in [0.3, 0.4) is 0 Å². The summed E-state index contributed by atoms with van der Waals surface area (Å²) in [7, 11) is -2.71. The fourth-order valence-corrected chi connectivity index (χ4v) is 3.68. The number of carbonyl (C=O) groups excluding carboxylic acids is 2. The van der Waals surface area contributed by atoms with Gasteiger partial charge in [-0.1, -0.05) is 17.7 Å². The van der Waals surface area contributed by atoms with Gasteiger partial charge in [0.1, 0.15) is 10.6 Å². The van der Waals surface area contributed by atoms with Gasteiger partial charge in [-0.2, -0.15) is 0 Å². The van der Waals surface area contributed by atoms with Gasteiger partial charge in [0.05, 0.1) is 12.7 Å². The molecule has 0 saturated heterocycles. The first kappa shape index (κ1) is 22.2. The van der Waals surface area contributed by atoms with Crippen LogP contribution in [-0.2, 0) is 19.6 Å². The number of ether oxygens (including phenoxy) is 2. The summed E-state index contributed by atoms with van der Waals surface area (Å²) in [6, 6.07) is 10.6. The van der Waals surface area contributed by atoms with Crippen molar-refractivity contribution in [2.45, 2.75) is 31.7 Å². The Kier molecular flexibility index (Phi) is 7.22. The second-order valence-electron chi connectivity index (χ2n) is 6.64. The summed E-state index contributed by atoms with van der Waals surface area (Å²) in [5, 5.41) is 2.59. The summed E-state index contributed by atoms with van der Waals surface area (Å²) in [6.07, 6.45) is 0. The highest BCUT2D eigenvalue weighted by Gasteiger charge is 2.23. The zero-order valence-corrected chi connectivity index (χ0v) is 17.5. The minimum absolute atomic E-state index is 0.0209. The minimum Gasteiger partial charge on any atom is -0.495 e. The van der Waals surface area contributed by atoms with E-state index in [0.717, 1.165) is 11.6 Å². The maximum atomic E-state index is 12.8. The molecular formula is C20H24N2O6S. The molecule has 9 heteroatoms. The lowest BCUT2D eigenvalue weighted by Gasteiger charge is -2.13. The lowest BCUT2D eigenvalue weighted by Crippen LogP contribution is -2.34. The number of anilines is 1. The third-order valence-electron chi connectivity index (χ3n) is 3.78. The fraction of sp³-hybridized carbons (Fsp3) is 0.300. The van der Waals surface area contributed by atoms with Crippen molar-refractivity contribution in [3.63, 3.8) is 0 Å². The maximum absolute atomic E-state index is 12.8. The van der Waals surface area contributed by atoms with E-state index in [9.17, 15) is 18.0 Å². The summed E-state index contributed by atoms with van der Waals surface area (Å²) in [5.74, 6) is -1.20. The second-order valence-corrected chi connectivity index (χ2v) is 8.29. The molecule has 0 aliphatic rings. The van der Waals surface area contributed by atoms with Crippen LogP contribution >= 0.6 is 0 Å². The zero-order valence-electron chi connectivity index (χ0n) is 16.7. The quantitative estimate of drug-likeness (QED) is 0.635. The Morgan fingerprint density at radius 2 is 1.72 bits per heavy atom. The predicted molar refractivity (Wildman–Crippen MR) is 109 cm³/mol. The number of esters is 1. The van der Waals surface area contributed by atoms with Crippen molar-refractivity contribution in [1.29, 1.82) is 0 Å². The minimum atomic E-state index is -4.03. The highest BCUT2D eigenvalue weighted by Crippen LogP contribution is 2.27. The van der Waals surface area contributed by atoms with Crippen molar-refractivity contribution >= 4 is 27.6 Å². The van der Waals surface area contributed by atoms with Gasteiger partial charge in [0, 0.05) is 11.7 Å². The summed E-state index contributed by atoms with van der Waals surface area (Å²) in [5.41, 5.74) is 1.33. The summed E-state index contributed by atoms with van der Waals surface area (Å²) >= 11 is 0. The summed E-state index contributed by atoms with van der Waals surface area (Å²) < 4.78 is 38.2. The monoisotopic (exact) mass is 420 g/mol. The molecule has 0 aliphatic heterocycles. The van der Waals surface area contributed by atoms with E-state index in [4.69, 9.17) is 9.47 Å². The Balaban J connectivity index is 2.24. The summed E-state index contributed by atoms with van der Waals surface area (Å²) in [6.45, 7) is 4.98. The Hall–Kier alpha value is -3.07. The second kappa shape index (κ2) is 9.42. The molecular weight excluding hydrogens is 396 g/mol. The van der Waals surface area contributed by atoms with E-state index in [-0.39, 0.29) is 22.3 Å². The Bertz CT molecular complexity index is 985. The number of carbonyl (C=O) groups is 2. The first-order chi connectivity index (χ1) is 13.6. The number of benzene rings is 2. The molecule has 0 saturated carbocycles. The van der Waals surface area contributed by atoms with Crippen LogP contribution in [0.2, 0.25) is 0 Å². The maximum Gasteiger partial charge on any atom is 0.338 e. The highest BCUT2D eigenvalue weighted by molar-refractivity contribution is 7.92. The van der Waals surface area contributed by atoms with Crippen LogP contribution in [0.15, 0.2) is 47.4 Å². The van der Waals surface area contributed by atoms with Crippen molar-refractivity contribution in [3.05, 3.63) is 53.6 Å². The summed E-state index contributed by atoms with van der Waals surface area (Å²) in [4.78, 5) is 23.7. The molecule has 0 aliphatic carbocycles. The molecule has 2 N–H and O–H groups in total. The average Bonchev–Trinajstić information content (AvgIpc) is 2.66. The number of hydrogen-bond donors (Lipinski definition) is 2. The number of hydrogen-bond acceptors (Lipinski definition) is 6. The van der Waals surface area contributed by atoms with Crippen molar-refractivity contribution in [2.75, 3.05) is 18.4 Å². The van der Waals surface area contributed by atoms with E-state index in [1.54, 1.807) is 38.1 Å². The van der Waals surface area contributed by atoms with Crippen molar-refractivity contribution in [1.82, 2.24) is 5.32 Å². The first-order valence-electron chi connectivity index (χ1n) is 8.86. The molecule has 2 aromatic carbocycles. The molecule has 1 amide bonds. The number of sulfonamides is 1. The van der Waals surface area contributed by atoms with Gasteiger partial charge in [-0.25, -0.2) is 13.2 Å². The Morgan fingerprint density at radius 3 is 2.31 bits per heavy atom. The molecule has 29 heavy (non-hydrogen) atoms. The Labute approximate surface area is 170 Å². The van der Waals surface area contributed by atoms with Gasteiger partial charge in [-0.3, -0.25) is 9.52 Å². The van der Waals surface area contributed by atoms with E-state index in [1.807, 2.05) is 6.92 Å². The number of amides is 1. The highest BCUT2D eigenvalue weighted by atomic mass is 32.2. The molecule has 2 aromatic rings. The molecule has 0 unspecified atom stereocenters. The van der Waals surface area contributed by atoms with Crippen LogP contribution in [0.25, 0.3) is 0 Å². The van der Waals surface area contributed by atoms with Crippen molar-refractivity contribution in [3.8, 4) is 5.75 Å². The van der Waals surface area contributed by atoms with Gasteiger partial charge >= 0.3 is 5.97 Å². The van der Waals surface area contributed by atoms with Crippen molar-refractivity contribution in [2.24, 2.45) is 0 Å².